The van der Waals surface area contributed by atoms with Gasteiger partial charge < -0.3 is 10.2 Å². The highest BCUT2D eigenvalue weighted by Crippen LogP contribution is 2.33. The van der Waals surface area contributed by atoms with Crippen molar-refractivity contribution < 1.29 is 8.78 Å². The Bertz CT molecular complexity index is 1280. The first-order chi connectivity index (χ1) is 17.5. The van der Waals surface area contributed by atoms with Gasteiger partial charge in [-0.2, -0.15) is 0 Å². The summed E-state index contributed by atoms with van der Waals surface area (Å²) in [7, 11) is 3.98. The summed E-state index contributed by atoms with van der Waals surface area (Å²) in [6, 6.07) is 11.1. The molecule has 0 saturated heterocycles. The molecule has 4 aromatic rings. The zero-order chi connectivity index (χ0) is 25.1. The molecule has 0 aliphatic carbocycles. The van der Waals surface area contributed by atoms with Crippen LogP contribution in [0.25, 0.3) is 0 Å². The van der Waals surface area contributed by atoms with Crippen LogP contribution in [-0.2, 0) is 26.2 Å². The number of hydrogen-bond donors (Lipinski definition) is 1. The van der Waals surface area contributed by atoms with E-state index >= 15 is 0 Å². The van der Waals surface area contributed by atoms with Gasteiger partial charge in [-0.05, 0) is 56.7 Å². The predicted octanol–water partition coefficient (Wildman–Crippen LogP) is 1.40. The summed E-state index contributed by atoms with van der Waals surface area (Å²) in [6.07, 6.45) is 0. The van der Waals surface area contributed by atoms with Crippen molar-refractivity contribution in [2.45, 2.75) is 32.2 Å². The molecule has 11 nitrogen and oxygen atoms in total. The number of hydrogen-bond acceptors (Lipinski definition) is 9. The Kier molecular flexibility index (Phi) is 6.91. The van der Waals surface area contributed by atoms with Gasteiger partial charge in [-0.25, -0.2) is 18.1 Å². The predicted molar refractivity (Wildman–Crippen MR) is 127 cm³/mol. The van der Waals surface area contributed by atoms with Crippen molar-refractivity contribution in [1.29, 1.82) is 0 Å². The number of nitrogens with zero attached hydrogens (tertiary/aromatic N) is 10. The molecule has 188 valence electrons. The second-order valence-electron chi connectivity index (χ2n) is 8.85. The summed E-state index contributed by atoms with van der Waals surface area (Å²) in [5, 5.41) is 26.0. The molecule has 36 heavy (non-hydrogen) atoms. The third kappa shape index (κ3) is 5.06. The first-order valence-corrected chi connectivity index (χ1v) is 11.7. The first-order valence-electron chi connectivity index (χ1n) is 11.7. The van der Waals surface area contributed by atoms with Crippen LogP contribution in [0.5, 0.6) is 0 Å². The molecule has 1 N–H and O–H groups in total. The molecule has 0 radical (unpaired) electrons. The topological polar surface area (TPSA) is 106 Å². The smallest absolute Gasteiger partial charge is 0.173 e. The van der Waals surface area contributed by atoms with E-state index in [9.17, 15) is 8.78 Å². The van der Waals surface area contributed by atoms with Crippen LogP contribution in [0.1, 0.15) is 28.8 Å². The molecule has 2 aromatic carbocycles. The molecule has 13 heteroatoms. The summed E-state index contributed by atoms with van der Waals surface area (Å²) in [5.74, 6) is 0.508. The lowest BCUT2D eigenvalue weighted by Gasteiger charge is -2.35. The molecule has 0 fully saturated rings. The van der Waals surface area contributed by atoms with Crippen molar-refractivity contribution in [3.63, 3.8) is 0 Å². The second-order valence-corrected chi connectivity index (χ2v) is 8.85. The van der Waals surface area contributed by atoms with Crippen LogP contribution in [0, 0.1) is 11.6 Å². The van der Waals surface area contributed by atoms with Gasteiger partial charge in [0.15, 0.2) is 11.6 Å². The largest absolute Gasteiger partial charge is 0.378 e. The van der Waals surface area contributed by atoms with Crippen LogP contribution in [0.2, 0.25) is 0 Å². The maximum atomic E-state index is 14.5. The molecule has 1 unspecified atom stereocenters. The molecule has 0 spiro atoms. The number of benzene rings is 2. The maximum Gasteiger partial charge on any atom is 0.173 e. The highest BCUT2D eigenvalue weighted by molar-refractivity contribution is 5.46. The average molecular weight is 496 g/mol. The van der Waals surface area contributed by atoms with Crippen LogP contribution < -0.4 is 10.2 Å². The number of aromatic nitrogens is 8. The summed E-state index contributed by atoms with van der Waals surface area (Å²) in [6.45, 7) is 4.48. The van der Waals surface area contributed by atoms with Gasteiger partial charge in [-0.3, -0.25) is 4.90 Å². The summed E-state index contributed by atoms with van der Waals surface area (Å²) in [5.41, 5.74) is 2.44. The summed E-state index contributed by atoms with van der Waals surface area (Å²) >= 11 is 0. The fourth-order valence-corrected chi connectivity index (χ4v) is 4.36. The minimum absolute atomic E-state index is 0.246. The molecule has 2 aliphatic rings. The lowest BCUT2D eigenvalue weighted by atomic mass is 10.0. The van der Waals surface area contributed by atoms with Crippen LogP contribution in [-0.4, -0.2) is 72.5 Å². The highest BCUT2D eigenvalue weighted by atomic mass is 19.1. The molecule has 6 rings (SSSR count). The molecule has 0 saturated carbocycles. The van der Waals surface area contributed by atoms with Crippen LogP contribution in [0.3, 0.4) is 0 Å². The maximum absolute atomic E-state index is 14.5. The van der Waals surface area contributed by atoms with Gasteiger partial charge in [-0.1, -0.05) is 12.1 Å². The van der Waals surface area contributed by atoms with E-state index in [1.54, 1.807) is 4.68 Å². The molecule has 4 heterocycles. The van der Waals surface area contributed by atoms with Crippen molar-refractivity contribution in [3.05, 3.63) is 76.9 Å². The van der Waals surface area contributed by atoms with Gasteiger partial charge in [-0.15, -0.1) is 10.2 Å². The summed E-state index contributed by atoms with van der Waals surface area (Å²) < 4.78 is 31.8. The number of anilines is 1. The van der Waals surface area contributed by atoms with Gasteiger partial charge in [0.1, 0.15) is 17.7 Å². The lowest BCUT2D eigenvalue weighted by Crippen LogP contribution is -2.39. The van der Waals surface area contributed by atoms with E-state index in [2.05, 4.69) is 41.3 Å². The Morgan fingerprint density at radius 1 is 0.944 bits per heavy atom. The standard InChI is InChI=1S/C19H20F2N6.C4H7N5/c1-25(2)15-6-3-13(4-7-15)12-26-9-10-27-19(22-23-24-27)18(26)16-11-14(20)5-8-17(16)21;1-2-9-4(3-5-1)6-7-8-9/h3-8,11,18H,9-10,12H2,1-2H3;5H,1-3H2. The minimum Gasteiger partial charge on any atom is -0.378 e. The molecule has 0 bridgehead atoms. The van der Waals surface area contributed by atoms with Gasteiger partial charge in [0.25, 0.3) is 0 Å². The molecule has 2 aromatic heterocycles. The van der Waals surface area contributed by atoms with Crippen LogP contribution >= 0.6 is 0 Å². The van der Waals surface area contributed by atoms with Crippen LogP contribution in [0.4, 0.5) is 14.5 Å². The summed E-state index contributed by atoms with van der Waals surface area (Å²) in [4.78, 5) is 4.11. The van der Waals surface area contributed by atoms with Gasteiger partial charge in [0.05, 0.1) is 19.6 Å². The SMILES string of the molecule is C1Cn2nnnc2CN1.CN(C)c1ccc(CN2CCn3nnnc3C2c2cc(F)ccc2F)cc1. The Balaban J connectivity index is 0.000000247. The quantitative estimate of drug-likeness (QED) is 0.450. The Labute approximate surface area is 206 Å². The van der Waals surface area contributed by atoms with Gasteiger partial charge in [0, 0.05) is 45.0 Å². The van der Waals surface area contributed by atoms with Crippen LogP contribution in [0.15, 0.2) is 42.5 Å². The van der Waals surface area contributed by atoms with E-state index < -0.39 is 17.7 Å². The van der Waals surface area contributed by atoms with E-state index in [1.165, 1.54) is 6.07 Å². The third-order valence-electron chi connectivity index (χ3n) is 6.25. The van der Waals surface area contributed by atoms with Gasteiger partial charge >= 0.3 is 0 Å². The minimum atomic E-state index is -0.544. The highest BCUT2D eigenvalue weighted by Gasteiger charge is 2.34. The number of tetrazole rings is 2. The van der Waals surface area contributed by atoms with Crippen molar-refractivity contribution in [3.8, 4) is 0 Å². The van der Waals surface area contributed by atoms with E-state index in [4.69, 9.17) is 0 Å². The van der Waals surface area contributed by atoms with Crippen molar-refractivity contribution in [2.24, 2.45) is 0 Å². The van der Waals surface area contributed by atoms with Crippen molar-refractivity contribution in [1.82, 2.24) is 50.6 Å². The fraction of sp³-hybridized carbons (Fsp3) is 0.391. The number of fused-ring (bicyclic) bond motifs is 2. The lowest BCUT2D eigenvalue weighted by molar-refractivity contribution is 0.161. The fourth-order valence-electron chi connectivity index (χ4n) is 4.36. The average Bonchev–Trinajstić information content (AvgIpc) is 3.56. The van der Waals surface area contributed by atoms with Gasteiger partial charge in [0.2, 0.25) is 0 Å². The second kappa shape index (κ2) is 10.4. The Hall–Kier alpha value is -3.84. The zero-order valence-electron chi connectivity index (χ0n) is 20.1. The molecular formula is C23H27F2N11. The normalized spacial score (nSPS) is 17.1. The Morgan fingerprint density at radius 3 is 2.50 bits per heavy atom. The monoisotopic (exact) mass is 495 g/mol. The third-order valence-corrected chi connectivity index (χ3v) is 6.25. The molecule has 0 amide bonds. The van der Waals surface area contributed by atoms with Crippen molar-refractivity contribution >= 4 is 5.69 Å². The van der Waals surface area contributed by atoms with E-state index in [1.807, 2.05) is 47.9 Å². The number of nitrogens with one attached hydrogen (secondary N) is 1. The van der Waals surface area contributed by atoms with Crippen molar-refractivity contribution in [2.75, 3.05) is 32.1 Å². The van der Waals surface area contributed by atoms with E-state index in [-0.39, 0.29) is 5.56 Å². The number of rotatable bonds is 4. The van der Waals surface area contributed by atoms with E-state index in [0.29, 0.717) is 25.5 Å². The van der Waals surface area contributed by atoms with E-state index in [0.717, 1.165) is 48.8 Å². The zero-order valence-corrected chi connectivity index (χ0v) is 20.1. The molecular weight excluding hydrogens is 468 g/mol. The number of halogens is 2. The molecule has 2 aliphatic heterocycles. The Morgan fingerprint density at radius 2 is 1.72 bits per heavy atom. The molecule has 1 atom stereocenters. The first kappa shape index (κ1) is 23.9.